The fraction of sp³-hybridized carbons (Fsp3) is 0.143. The van der Waals surface area contributed by atoms with E-state index in [1.165, 1.54) is 0 Å². The van der Waals surface area contributed by atoms with E-state index in [0.29, 0.717) is 32.1 Å². The van der Waals surface area contributed by atoms with Crippen LogP contribution in [0.3, 0.4) is 0 Å². The number of nitrogens with zero attached hydrogens (tertiary/aromatic N) is 3. The van der Waals surface area contributed by atoms with E-state index in [2.05, 4.69) is 9.97 Å². The molecule has 2 aromatic heterocycles. The number of imidazole rings is 1. The number of pyridine rings is 1. The first-order chi connectivity index (χ1) is 9.97. The van der Waals surface area contributed by atoms with Gasteiger partial charge in [-0.1, -0.05) is 34.8 Å². The first-order valence-corrected chi connectivity index (χ1v) is 7.68. The highest BCUT2D eigenvalue weighted by molar-refractivity contribution is 6.42. The van der Waals surface area contributed by atoms with Crippen LogP contribution >= 0.6 is 46.4 Å². The molecule has 108 valence electrons. The summed E-state index contributed by atoms with van der Waals surface area (Å²) in [7, 11) is 0. The van der Waals surface area contributed by atoms with Crippen LogP contribution in [0.1, 0.15) is 18.1 Å². The maximum atomic E-state index is 6.24. The monoisotopic (exact) mass is 359 g/mol. The van der Waals surface area contributed by atoms with Crippen molar-refractivity contribution >= 4 is 57.6 Å². The lowest BCUT2D eigenvalue weighted by Crippen LogP contribution is -2.02. The van der Waals surface area contributed by atoms with Gasteiger partial charge in [-0.3, -0.25) is 4.57 Å². The molecule has 0 aliphatic rings. The van der Waals surface area contributed by atoms with Gasteiger partial charge in [-0.25, -0.2) is 9.97 Å². The molecule has 21 heavy (non-hydrogen) atoms. The van der Waals surface area contributed by atoms with Crippen LogP contribution < -0.4 is 0 Å². The molecule has 1 atom stereocenters. The van der Waals surface area contributed by atoms with Crippen LogP contribution in [0.2, 0.25) is 15.1 Å². The number of benzene rings is 1. The van der Waals surface area contributed by atoms with Crippen molar-refractivity contribution in [2.45, 2.75) is 12.3 Å². The SMILES string of the molecule is CC(Cl)c1nc2cc(Cl)cnc2n1-c1ccc(Cl)c(Cl)c1. The molecule has 3 rings (SSSR count). The van der Waals surface area contributed by atoms with E-state index in [9.17, 15) is 0 Å². The summed E-state index contributed by atoms with van der Waals surface area (Å²) in [5, 5.41) is 1.17. The minimum atomic E-state index is -0.299. The molecule has 0 saturated heterocycles. The van der Waals surface area contributed by atoms with Crippen molar-refractivity contribution < 1.29 is 0 Å². The fourth-order valence-corrected chi connectivity index (χ4v) is 2.69. The van der Waals surface area contributed by atoms with Gasteiger partial charge in [-0.05, 0) is 31.2 Å². The number of rotatable bonds is 2. The number of hydrogen-bond donors (Lipinski definition) is 0. The van der Waals surface area contributed by atoms with Crippen molar-refractivity contribution in [1.82, 2.24) is 14.5 Å². The van der Waals surface area contributed by atoms with Gasteiger partial charge in [0.15, 0.2) is 5.65 Å². The van der Waals surface area contributed by atoms with E-state index in [1.807, 2.05) is 17.6 Å². The molecular formula is C14H9Cl4N3. The van der Waals surface area contributed by atoms with Crippen LogP contribution in [-0.4, -0.2) is 14.5 Å². The van der Waals surface area contributed by atoms with Crippen molar-refractivity contribution in [3.8, 4) is 5.69 Å². The smallest absolute Gasteiger partial charge is 0.164 e. The summed E-state index contributed by atoms with van der Waals surface area (Å²) in [5.41, 5.74) is 2.14. The maximum absolute atomic E-state index is 6.24. The third-order valence-corrected chi connectivity index (χ3v) is 4.15. The molecule has 7 heteroatoms. The van der Waals surface area contributed by atoms with Crippen LogP contribution in [0.5, 0.6) is 0 Å². The molecule has 0 fully saturated rings. The van der Waals surface area contributed by atoms with Gasteiger partial charge in [0.05, 0.1) is 26.1 Å². The third kappa shape index (κ3) is 2.71. The predicted octanol–water partition coefficient (Wildman–Crippen LogP) is 5.68. The minimum absolute atomic E-state index is 0.299. The molecule has 0 aliphatic heterocycles. The van der Waals surface area contributed by atoms with E-state index < -0.39 is 0 Å². The van der Waals surface area contributed by atoms with Crippen molar-refractivity contribution in [2.24, 2.45) is 0 Å². The maximum Gasteiger partial charge on any atom is 0.164 e. The predicted molar refractivity (Wildman–Crippen MR) is 88.2 cm³/mol. The molecule has 1 unspecified atom stereocenters. The molecule has 3 nitrogen and oxygen atoms in total. The zero-order valence-electron chi connectivity index (χ0n) is 10.8. The Morgan fingerprint density at radius 1 is 1.10 bits per heavy atom. The Hall–Kier alpha value is -1.000. The molecule has 0 spiro atoms. The molecule has 0 amide bonds. The van der Waals surface area contributed by atoms with Crippen molar-refractivity contribution in [3.05, 3.63) is 51.4 Å². The molecule has 1 aromatic carbocycles. The number of halogens is 4. The van der Waals surface area contributed by atoms with Crippen LogP contribution in [-0.2, 0) is 0 Å². The van der Waals surface area contributed by atoms with Gasteiger partial charge in [0, 0.05) is 6.20 Å². The first kappa shape index (κ1) is 14.9. The second kappa shape index (κ2) is 5.65. The molecular weight excluding hydrogens is 352 g/mol. The quantitative estimate of drug-likeness (QED) is 0.550. The van der Waals surface area contributed by atoms with Gasteiger partial charge < -0.3 is 0 Å². The normalized spacial score (nSPS) is 12.8. The summed E-state index contributed by atoms with van der Waals surface area (Å²) >= 11 is 24.3. The number of hydrogen-bond acceptors (Lipinski definition) is 2. The van der Waals surface area contributed by atoms with E-state index in [0.717, 1.165) is 5.69 Å². The lowest BCUT2D eigenvalue weighted by atomic mass is 10.3. The van der Waals surface area contributed by atoms with Crippen molar-refractivity contribution in [2.75, 3.05) is 0 Å². The van der Waals surface area contributed by atoms with E-state index in [-0.39, 0.29) is 5.38 Å². The highest BCUT2D eigenvalue weighted by Gasteiger charge is 2.18. The van der Waals surface area contributed by atoms with Gasteiger partial charge in [-0.15, -0.1) is 11.6 Å². The van der Waals surface area contributed by atoms with E-state index in [1.54, 1.807) is 24.4 Å². The largest absolute Gasteiger partial charge is 0.279 e. The molecule has 0 aliphatic carbocycles. The van der Waals surface area contributed by atoms with Crippen molar-refractivity contribution in [1.29, 1.82) is 0 Å². The Bertz CT molecular complexity index is 826. The Kier molecular flexibility index (Phi) is 4.02. The van der Waals surface area contributed by atoms with Crippen LogP contribution in [0.15, 0.2) is 30.5 Å². The summed E-state index contributed by atoms with van der Waals surface area (Å²) in [5.74, 6) is 0.667. The van der Waals surface area contributed by atoms with Gasteiger partial charge in [0.1, 0.15) is 11.3 Å². The summed E-state index contributed by atoms with van der Waals surface area (Å²) in [6, 6.07) is 7.07. The standard InChI is InChI=1S/C14H9Cl4N3/c1-7(15)13-20-12-4-8(16)6-19-14(12)21(13)9-2-3-10(17)11(18)5-9/h2-7H,1H3. The van der Waals surface area contributed by atoms with Crippen LogP contribution in [0.25, 0.3) is 16.9 Å². The van der Waals surface area contributed by atoms with Gasteiger partial charge >= 0.3 is 0 Å². The van der Waals surface area contributed by atoms with Gasteiger partial charge in [0.25, 0.3) is 0 Å². The minimum Gasteiger partial charge on any atom is -0.279 e. The summed E-state index contributed by atoms with van der Waals surface area (Å²) < 4.78 is 1.85. The second-order valence-corrected chi connectivity index (χ2v) is 6.42. The molecule has 0 bridgehead atoms. The first-order valence-electron chi connectivity index (χ1n) is 6.11. The number of alkyl halides is 1. The van der Waals surface area contributed by atoms with Gasteiger partial charge in [0.2, 0.25) is 0 Å². The van der Waals surface area contributed by atoms with Crippen LogP contribution in [0.4, 0.5) is 0 Å². The lowest BCUT2D eigenvalue weighted by Gasteiger charge is -2.10. The molecule has 0 radical (unpaired) electrons. The highest BCUT2D eigenvalue weighted by Crippen LogP contribution is 2.31. The summed E-state index contributed by atoms with van der Waals surface area (Å²) in [6.07, 6.45) is 1.57. The average molecular weight is 361 g/mol. The zero-order chi connectivity index (χ0) is 15.1. The number of aromatic nitrogens is 3. The molecule has 0 N–H and O–H groups in total. The lowest BCUT2D eigenvalue weighted by molar-refractivity contribution is 0.877. The molecule has 0 saturated carbocycles. The average Bonchev–Trinajstić information content (AvgIpc) is 2.80. The van der Waals surface area contributed by atoms with E-state index in [4.69, 9.17) is 46.4 Å². The Labute approximate surface area is 141 Å². The molecule has 3 aromatic rings. The van der Waals surface area contributed by atoms with Gasteiger partial charge in [-0.2, -0.15) is 0 Å². The topological polar surface area (TPSA) is 30.7 Å². The second-order valence-electron chi connectivity index (χ2n) is 4.52. The molecule has 2 heterocycles. The zero-order valence-corrected chi connectivity index (χ0v) is 13.8. The van der Waals surface area contributed by atoms with Crippen molar-refractivity contribution in [3.63, 3.8) is 0 Å². The highest BCUT2D eigenvalue weighted by atomic mass is 35.5. The summed E-state index contributed by atoms with van der Waals surface area (Å²) in [6.45, 7) is 1.85. The fourth-order valence-electron chi connectivity index (χ4n) is 2.10. The Morgan fingerprint density at radius 3 is 2.52 bits per heavy atom. The summed E-state index contributed by atoms with van der Waals surface area (Å²) in [4.78, 5) is 8.86. The van der Waals surface area contributed by atoms with E-state index >= 15 is 0 Å². The Balaban J connectivity index is 2.33. The van der Waals surface area contributed by atoms with Crippen LogP contribution in [0, 0.1) is 0 Å². The Morgan fingerprint density at radius 2 is 1.86 bits per heavy atom. The number of fused-ring (bicyclic) bond motifs is 1. The third-order valence-electron chi connectivity index (χ3n) is 3.01.